The summed E-state index contributed by atoms with van der Waals surface area (Å²) >= 11 is 0. The molecule has 1 aromatic heterocycles. The van der Waals surface area contributed by atoms with Gasteiger partial charge in [-0.15, -0.1) is 0 Å². The number of fused-ring (bicyclic) bond motifs is 1. The Bertz CT molecular complexity index is 855. The molecule has 0 atom stereocenters. The van der Waals surface area contributed by atoms with E-state index in [9.17, 15) is 4.79 Å². The van der Waals surface area contributed by atoms with Gasteiger partial charge in [0.1, 0.15) is 0 Å². The first-order valence-electron chi connectivity index (χ1n) is 7.36. The molecular weight excluding hydrogens is 260 g/mol. The van der Waals surface area contributed by atoms with E-state index in [2.05, 4.69) is 32.0 Å². The number of aryl methyl sites for hydroxylation is 3. The van der Waals surface area contributed by atoms with Gasteiger partial charge in [-0.25, -0.2) is 4.79 Å². The predicted molar refractivity (Wildman–Crippen MR) is 86.9 cm³/mol. The summed E-state index contributed by atoms with van der Waals surface area (Å²) in [4.78, 5) is 12.6. The zero-order valence-corrected chi connectivity index (χ0v) is 12.8. The molecule has 0 bridgehead atoms. The van der Waals surface area contributed by atoms with E-state index in [1.165, 1.54) is 16.7 Å². The van der Waals surface area contributed by atoms with Crippen molar-refractivity contribution in [1.29, 1.82) is 0 Å². The summed E-state index contributed by atoms with van der Waals surface area (Å²) in [5.74, 6) is 0. The zero-order valence-electron chi connectivity index (χ0n) is 12.8. The molecule has 0 aliphatic rings. The van der Waals surface area contributed by atoms with Crippen molar-refractivity contribution < 1.29 is 0 Å². The highest BCUT2D eigenvalue weighted by molar-refractivity contribution is 5.76. The highest BCUT2D eigenvalue weighted by atomic mass is 16.1. The van der Waals surface area contributed by atoms with Gasteiger partial charge in [0, 0.05) is 6.54 Å². The Morgan fingerprint density at radius 2 is 1.62 bits per heavy atom. The first-order valence-corrected chi connectivity index (χ1v) is 7.36. The molecule has 0 spiro atoms. The van der Waals surface area contributed by atoms with E-state index in [4.69, 9.17) is 0 Å². The Kier molecular flexibility index (Phi) is 3.42. The van der Waals surface area contributed by atoms with Crippen LogP contribution in [-0.2, 0) is 13.1 Å². The van der Waals surface area contributed by atoms with E-state index in [1.54, 1.807) is 0 Å². The molecule has 0 aliphatic carbocycles. The van der Waals surface area contributed by atoms with Crippen LogP contribution < -0.4 is 5.69 Å². The summed E-state index contributed by atoms with van der Waals surface area (Å²) in [6.45, 7) is 7.51. The Labute approximate surface area is 124 Å². The monoisotopic (exact) mass is 280 g/mol. The molecule has 3 nitrogen and oxygen atoms in total. The number of benzene rings is 2. The first kappa shape index (κ1) is 13.7. The molecular formula is C18H20N2O. The third kappa shape index (κ3) is 2.29. The molecule has 2 aromatic carbocycles. The molecule has 3 rings (SSSR count). The van der Waals surface area contributed by atoms with Crippen molar-refractivity contribution in [2.24, 2.45) is 0 Å². The topological polar surface area (TPSA) is 26.9 Å². The Balaban J connectivity index is 2.19. The van der Waals surface area contributed by atoms with Gasteiger partial charge in [-0.2, -0.15) is 0 Å². The van der Waals surface area contributed by atoms with E-state index >= 15 is 0 Å². The Hall–Kier alpha value is -2.29. The molecule has 0 fully saturated rings. The fraction of sp³-hybridized carbons (Fsp3) is 0.278. The van der Waals surface area contributed by atoms with Crippen LogP contribution in [0.15, 0.2) is 47.3 Å². The predicted octanol–water partition coefficient (Wildman–Crippen LogP) is 3.49. The number of rotatable bonds is 3. The van der Waals surface area contributed by atoms with Crippen LogP contribution in [0.25, 0.3) is 11.0 Å². The summed E-state index contributed by atoms with van der Waals surface area (Å²) in [5, 5.41) is 0. The van der Waals surface area contributed by atoms with Crippen molar-refractivity contribution in [2.45, 2.75) is 33.9 Å². The lowest BCUT2D eigenvalue weighted by Crippen LogP contribution is -2.24. The highest BCUT2D eigenvalue weighted by Gasteiger charge is 2.12. The lowest BCUT2D eigenvalue weighted by molar-refractivity contribution is 0.683. The van der Waals surface area contributed by atoms with Gasteiger partial charge in [0.05, 0.1) is 17.6 Å². The largest absolute Gasteiger partial charge is 0.329 e. The lowest BCUT2D eigenvalue weighted by Gasteiger charge is -2.08. The fourth-order valence-corrected chi connectivity index (χ4v) is 2.87. The van der Waals surface area contributed by atoms with Gasteiger partial charge in [-0.1, -0.05) is 35.9 Å². The van der Waals surface area contributed by atoms with Gasteiger partial charge < -0.3 is 0 Å². The molecule has 0 saturated carbocycles. The Morgan fingerprint density at radius 1 is 0.952 bits per heavy atom. The third-order valence-electron chi connectivity index (χ3n) is 4.07. The second kappa shape index (κ2) is 5.24. The Morgan fingerprint density at radius 3 is 2.29 bits per heavy atom. The number of para-hydroxylation sites is 2. The van der Waals surface area contributed by atoms with Gasteiger partial charge in [0.2, 0.25) is 0 Å². The number of imidazole rings is 1. The normalized spacial score (nSPS) is 11.2. The highest BCUT2D eigenvalue weighted by Crippen LogP contribution is 2.17. The SMILES string of the molecule is CCn1c(=O)n(Cc2cc(C)ccc2C)c2ccccc21. The lowest BCUT2D eigenvalue weighted by atomic mass is 10.1. The van der Waals surface area contributed by atoms with Crippen LogP contribution in [0.5, 0.6) is 0 Å². The molecule has 21 heavy (non-hydrogen) atoms. The van der Waals surface area contributed by atoms with Gasteiger partial charge in [-0.05, 0) is 44.0 Å². The summed E-state index contributed by atoms with van der Waals surface area (Å²) in [5.41, 5.74) is 5.74. The molecule has 108 valence electrons. The zero-order chi connectivity index (χ0) is 15.0. The maximum Gasteiger partial charge on any atom is 0.329 e. The minimum atomic E-state index is 0.0691. The summed E-state index contributed by atoms with van der Waals surface area (Å²) in [6, 6.07) is 14.4. The quantitative estimate of drug-likeness (QED) is 0.721. The summed E-state index contributed by atoms with van der Waals surface area (Å²) in [7, 11) is 0. The van der Waals surface area contributed by atoms with Crippen LogP contribution in [0.4, 0.5) is 0 Å². The summed E-state index contributed by atoms with van der Waals surface area (Å²) < 4.78 is 3.71. The van der Waals surface area contributed by atoms with Crippen molar-refractivity contribution in [3.05, 3.63) is 69.6 Å². The van der Waals surface area contributed by atoms with E-state index in [0.29, 0.717) is 13.1 Å². The molecule has 0 amide bonds. The molecule has 1 heterocycles. The molecule has 0 saturated heterocycles. The van der Waals surface area contributed by atoms with Crippen LogP contribution in [-0.4, -0.2) is 9.13 Å². The molecule has 0 aliphatic heterocycles. The second-order valence-corrected chi connectivity index (χ2v) is 5.53. The molecule has 0 radical (unpaired) electrons. The van der Waals surface area contributed by atoms with E-state index in [-0.39, 0.29) is 5.69 Å². The van der Waals surface area contributed by atoms with Crippen LogP contribution in [0.3, 0.4) is 0 Å². The van der Waals surface area contributed by atoms with Crippen molar-refractivity contribution in [1.82, 2.24) is 9.13 Å². The van der Waals surface area contributed by atoms with Crippen molar-refractivity contribution >= 4 is 11.0 Å². The fourth-order valence-electron chi connectivity index (χ4n) is 2.87. The molecule has 3 aromatic rings. The maximum atomic E-state index is 12.6. The third-order valence-corrected chi connectivity index (χ3v) is 4.07. The number of aromatic nitrogens is 2. The van der Waals surface area contributed by atoms with E-state index in [0.717, 1.165) is 11.0 Å². The minimum absolute atomic E-state index is 0.0691. The molecule has 0 unspecified atom stereocenters. The molecule has 0 N–H and O–H groups in total. The maximum absolute atomic E-state index is 12.6. The minimum Gasteiger partial charge on any atom is -0.292 e. The van der Waals surface area contributed by atoms with Crippen LogP contribution in [0.2, 0.25) is 0 Å². The average molecular weight is 280 g/mol. The summed E-state index contributed by atoms with van der Waals surface area (Å²) in [6.07, 6.45) is 0. The standard InChI is InChI=1S/C18H20N2O/c1-4-19-16-7-5-6-8-17(16)20(18(19)21)12-15-11-13(2)9-10-14(15)3/h5-11H,4,12H2,1-3H3. The smallest absolute Gasteiger partial charge is 0.292 e. The van der Waals surface area contributed by atoms with Crippen molar-refractivity contribution in [2.75, 3.05) is 0 Å². The van der Waals surface area contributed by atoms with Crippen LogP contribution in [0.1, 0.15) is 23.6 Å². The van der Waals surface area contributed by atoms with Crippen LogP contribution >= 0.6 is 0 Å². The van der Waals surface area contributed by atoms with Crippen molar-refractivity contribution in [3.63, 3.8) is 0 Å². The first-order chi connectivity index (χ1) is 10.1. The van der Waals surface area contributed by atoms with Gasteiger partial charge in [-0.3, -0.25) is 9.13 Å². The van der Waals surface area contributed by atoms with Gasteiger partial charge in [0.15, 0.2) is 0 Å². The number of hydrogen-bond donors (Lipinski definition) is 0. The van der Waals surface area contributed by atoms with Crippen molar-refractivity contribution in [3.8, 4) is 0 Å². The van der Waals surface area contributed by atoms with Gasteiger partial charge >= 0.3 is 5.69 Å². The average Bonchev–Trinajstić information content (AvgIpc) is 2.75. The van der Waals surface area contributed by atoms with Crippen LogP contribution in [0, 0.1) is 13.8 Å². The van der Waals surface area contributed by atoms with Gasteiger partial charge in [0.25, 0.3) is 0 Å². The van der Waals surface area contributed by atoms with E-state index in [1.807, 2.05) is 40.3 Å². The molecule has 3 heteroatoms. The van der Waals surface area contributed by atoms with E-state index < -0.39 is 0 Å². The number of hydrogen-bond acceptors (Lipinski definition) is 1. The second-order valence-electron chi connectivity index (χ2n) is 5.53. The number of nitrogens with zero attached hydrogens (tertiary/aromatic N) is 2.